The molecule has 1 aromatic heterocycles. The first kappa shape index (κ1) is 13.2. The molecule has 0 saturated carbocycles. The van der Waals surface area contributed by atoms with Crippen molar-refractivity contribution in [2.75, 3.05) is 6.61 Å². The molecule has 0 N–H and O–H groups in total. The van der Waals surface area contributed by atoms with Gasteiger partial charge in [-0.05, 0) is 44.2 Å². The molecule has 0 spiro atoms. The van der Waals surface area contributed by atoms with Gasteiger partial charge in [-0.3, -0.25) is 9.78 Å². The highest BCUT2D eigenvalue weighted by atomic mass is 16.5. The molecule has 3 heteroatoms. The Bertz CT molecular complexity index is 380. The zero-order valence-electron chi connectivity index (χ0n) is 11.0. The Morgan fingerprint density at radius 2 is 2.33 bits per heavy atom. The molecule has 18 heavy (non-hydrogen) atoms. The number of rotatable bonds is 5. The lowest BCUT2D eigenvalue weighted by Crippen LogP contribution is -2.20. The number of aromatic nitrogens is 1. The molecule has 98 valence electrons. The number of nitrogens with zero attached hydrogens (tertiary/aromatic N) is 1. The molecular formula is C15H21NO2. The third-order valence-corrected chi connectivity index (χ3v) is 3.37. The smallest absolute Gasteiger partial charge is 0.138 e. The van der Waals surface area contributed by atoms with Gasteiger partial charge in [0.1, 0.15) is 5.78 Å². The number of hydrogen-bond acceptors (Lipinski definition) is 3. The van der Waals surface area contributed by atoms with E-state index in [2.05, 4.69) is 4.98 Å². The van der Waals surface area contributed by atoms with Crippen molar-refractivity contribution >= 4 is 5.78 Å². The van der Waals surface area contributed by atoms with E-state index in [9.17, 15) is 4.79 Å². The van der Waals surface area contributed by atoms with Gasteiger partial charge < -0.3 is 4.74 Å². The second kappa shape index (κ2) is 6.64. The van der Waals surface area contributed by atoms with Crippen LogP contribution in [0.15, 0.2) is 18.3 Å². The number of carbonyl (C=O) groups is 1. The van der Waals surface area contributed by atoms with Crippen LogP contribution in [0.4, 0.5) is 0 Å². The second-order valence-electron chi connectivity index (χ2n) is 5.07. The molecule has 2 heterocycles. The Hall–Kier alpha value is -1.22. The maximum atomic E-state index is 11.8. The summed E-state index contributed by atoms with van der Waals surface area (Å²) in [4.78, 5) is 16.1. The number of carbonyl (C=O) groups excluding carboxylic acids is 1. The fraction of sp³-hybridized carbons (Fsp3) is 0.600. The Morgan fingerprint density at radius 1 is 1.44 bits per heavy atom. The van der Waals surface area contributed by atoms with Gasteiger partial charge >= 0.3 is 0 Å². The van der Waals surface area contributed by atoms with E-state index in [4.69, 9.17) is 4.74 Å². The first-order valence-electron chi connectivity index (χ1n) is 6.79. The van der Waals surface area contributed by atoms with Crippen molar-refractivity contribution in [1.29, 1.82) is 0 Å². The van der Waals surface area contributed by atoms with Crippen LogP contribution in [0.3, 0.4) is 0 Å². The molecule has 2 rings (SSSR count). The lowest BCUT2D eigenvalue weighted by atomic mass is 10.0. The summed E-state index contributed by atoms with van der Waals surface area (Å²) in [7, 11) is 0. The second-order valence-corrected chi connectivity index (χ2v) is 5.07. The minimum absolute atomic E-state index is 0.264. The zero-order chi connectivity index (χ0) is 12.8. The summed E-state index contributed by atoms with van der Waals surface area (Å²) < 4.78 is 5.63. The van der Waals surface area contributed by atoms with Gasteiger partial charge in [0, 0.05) is 31.3 Å². The average molecular weight is 247 g/mol. The monoisotopic (exact) mass is 247 g/mol. The Balaban J connectivity index is 1.73. The summed E-state index contributed by atoms with van der Waals surface area (Å²) in [6.45, 7) is 2.86. The predicted molar refractivity (Wildman–Crippen MR) is 70.5 cm³/mol. The molecule has 1 saturated heterocycles. The van der Waals surface area contributed by atoms with E-state index >= 15 is 0 Å². The number of hydrogen-bond donors (Lipinski definition) is 0. The van der Waals surface area contributed by atoms with Crippen molar-refractivity contribution < 1.29 is 9.53 Å². The van der Waals surface area contributed by atoms with Crippen molar-refractivity contribution in [2.24, 2.45) is 0 Å². The highest BCUT2D eigenvalue weighted by Gasteiger charge is 2.15. The molecule has 0 bridgehead atoms. The van der Waals surface area contributed by atoms with Gasteiger partial charge in [-0.1, -0.05) is 6.07 Å². The first-order chi connectivity index (χ1) is 8.74. The molecule has 1 atom stereocenters. The predicted octanol–water partition coefficient (Wildman–Crippen LogP) is 2.85. The normalized spacial score (nSPS) is 19.7. The Morgan fingerprint density at radius 3 is 3.00 bits per heavy atom. The van der Waals surface area contributed by atoms with E-state index in [1.807, 2.05) is 25.3 Å². The van der Waals surface area contributed by atoms with Gasteiger partial charge in [0.15, 0.2) is 0 Å². The minimum atomic E-state index is 0.264. The Kier molecular flexibility index (Phi) is 4.88. The average Bonchev–Trinajstić information content (AvgIpc) is 2.40. The van der Waals surface area contributed by atoms with E-state index in [1.165, 1.54) is 6.42 Å². The van der Waals surface area contributed by atoms with Crippen molar-refractivity contribution in [1.82, 2.24) is 4.98 Å². The number of aryl methyl sites for hydroxylation is 1. The van der Waals surface area contributed by atoms with Crippen LogP contribution in [-0.2, 0) is 16.0 Å². The van der Waals surface area contributed by atoms with Crippen LogP contribution in [0.25, 0.3) is 0 Å². The highest BCUT2D eigenvalue weighted by molar-refractivity contribution is 5.80. The summed E-state index contributed by atoms with van der Waals surface area (Å²) in [6, 6.07) is 3.93. The number of ketones is 1. The molecule has 1 fully saturated rings. The van der Waals surface area contributed by atoms with Crippen LogP contribution in [0, 0.1) is 6.92 Å². The molecule has 0 amide bonds. The molecule has 1 aliphatic rings. The Labute approximate surface area is 109 Å². The van der Waals surface area contributed by atoms with Crippen molar-refractivity contribution in [3.8, 4) is 0 Å². The standard InChI is InChI=1S/C15H21NO2/c1-12-5-6-13(16-11-12)10-14(17)7-8-15-4-2-3-9-18-15/h5-6,11,15H,2-4,7-10H2,1H3. The fourth-order valence-corrected chi connectivity index (χ4v) is 2.25. The van der Waals surface area contributed by atoms with E-state index < -0.39 is 0 Å². The number of pyridine rings is 1. The summed E-state index contributed by atoms with van der Waals surface area (Å²) in [5.74, 6) is 0.264. The molecular weight excluding hydrogens is 226 g/mol. The number of ether oxygens (including phenoxy) is 1. The third kappa shape index (κ3) is 4.22. The van der Waals surface area contributed by atoms with Crippen LogP contribution in [-0.4, -0.2) is 23.5 Å². The minimum Gasteiger partial charge on any atom is -0.378 e. The van der Waals surface area contributed by atoms with Crippen molar-refractivity contribution in [3.05, 3.63) is 29.6 Å². The molecule has 3 nitrogen and oxygen atoms in total. The molecule has 1 aliphatic heterocycles. The van der Waals surface area contributed by atoms with Gasteiger partial charge in [-0.15, -0.1) is 0 Å². The van der Waals surface area contributed by atoms with Crippen LogP contribution in [0.5, 0.6) is 0 Å². The third-order valence-electron chi connectivity index (χ3n) is 3.37. The SMILES string of the molecule is Cc1ccc(CC(=O)CCC2CCCCO2)nc1. The quantitative estimate of drug-likeness (QED) is 0.803. The molecule has 1 unspecified atom stereocenters. The van der Waals surface area contributed by atoms with E-state index in [1.54, 1.807) is 0 Å². The van der Waals surface area contributed by atoms with Gasteiger partial charge in [0.25, 0.3) is 0 Å². The van der Waals surface area contributed by atoms with Gasteiger partial charge in [-0.2, -0.15) is 0 Å². The van der Waals surface area contributed by atoms with E-state index in [-0.39, 0.29) is 5.78 Å². The maximum Gasteiger partial charge on any atom is 0.138 e. The van der Waals surface area contributed by atoms with Crippen LogP contribution in [0.1, 0.15) is 43.4 Å². The summed E-state index contributed by atoms with van der Waals surface area (Å²) in [5, 5.41) is 0. The first-order valence-corrected chi connectivity index (χ1v) is 6.79. The van der Waals surface area contributed by atoms with Crippen LogP contribution in [0.2, 0.25) is 0 Å². The molecule has 0 aromatic carbocycles. The van der Waals surface area contributed by atoms with E-state index in [0.717, 1.165) is 37.1 Å². The summed E-state index contributed by atoms with van der Waals surface area (Å²) in [5.41, 5.74) is 2.00. The van der Waals surface area contributed by atoms with Crippen molar-refractivity contribution in [2.45, 2.75) is 51.6 Å². The van der Waals surface area contributed by atoms with Crippen molar-refractivity contribution in [3.63, 3.8) is 0 Å². The number of Topliss-reactive ketones (excluding diaryl/α,β-unsaturated/α-hetero) is 1. The van der Waals surface area contributed by atoms with Crippen LogP contribution < -0.4 is 0 Å². The summed E-state index contributed by atoms with van der Waals surface area (Å²) in [6.07, 6.45) is 7.55. The van der Waals surface area contributed by atoms with Gasteiger partial charge in [0.05, 0.1) is 6.10 Å². The molecule has 0 aliphatic carbocycles. The van der Waals surface area contributed by atoms with Crippen LogP contribution >= 0.6 is 0 Å². The molecule has 0 radical (unpaired) electrons. The van der Waals surface area contributed by atoms with Gasteiger partial charge in [-0.25, -0.2) is 0 Å². The summed E-state index contributed by atoms with van der Waals surface area (Å²) >= 11 is 0. The molecule has 1 aromatic rings. The fourth-order valence-electron chi connectivity index (χ4n) is 2.25. The van der Waals surface area contributed by atoms with E-state index in [0.29, 0.717) is 18.9 Å². The highest BCUT2D eigenvalue weighted by Crippen LogP contribution is 2.17. The zero-order valence-corrected chi connectivity index (χ0v) is 11.0. The maximum absolute atomic E-state index is 11.8. The lowest BCUT2D eigenvalue weighted by molar-refractivity contribution is -0.119. The van der Waals surface area contributed by atoms with Gasteiger partial charge in [0.2, 0.25) is 0 Å². The lowest BCUT2D eigenvalue weighted by Gasteiger charge is -2.22. The largest absolute Gasteiger partial charge is 0.378 e. The topological polar surface area (TPSA) is 39.2 Å².